The lowest BCUT2D eigenvalue weighted by molar-refractivity contribution is 0.0714. The van der Waals surface area contributed by atoms with Crippen molar-refractivity contribution in [3.63, 3.8) is 0 Å². The van der Waals surface area contributed by atoms with Crippen LogP contribution < -0.4 is 10.2 Å². The van der Waals surface area contributed by atoms with Gasteiger partial charge >= 0.3 is 0 Å². The monoisotopic (exact) mass is 392 g/mol. The quantitative estimate of drug-likeness (QED) is 0.714. The molecule has 2 aromatic heterocycles. The summed E-state index contributed by atoms with van der Waals surface area (Å²) in [5.41, 5.74) is 3.46. The van der Waals surface area contributed by atoms with E-state index in [0.717, 1.165) is 17.7 Å². The molecular formula is C21H24N6O2. The Morgan fingerprint density at radius 1 is 1.17 bits per heavy atom. The minimum absolute atomic E-state index is 0.0873. The number of hydrogen-bond acceptors (Lipinski definition) is 7. The van der Waals surface area contributed by atoms with Crippen molar-refractivity contribution < 1.29 is 9.21 Å². The Labute approximate surface area is 169 Å². The number of anilines is 3. The first kappa shape index (κ1) is 18.9. The lowest BCUT2D eigenvalue weighted by Gasteiger charge is -2.34. The van der Waals surface area contributed by atoms with E-state index in [1.54, 1.807) is 23.2 Å². The SMILES string of the molecule is CCc1cccc(C)c1Nc1cnnc(N2CCN(C(=O)c3ccco3)CC2)n1. The zero-order chi connectivity index (χ0) is 20.2. The molecule has 150 valence electrons. The van der Waals surface area contributed by atoms with Crippen molar-refractivity contribution in [1.29, 1.82) is 0 Å². The maximum absolute atomic E-state index is 12.4. The molecule has 3 heterocycles. The van der Waals surface area contributed by atoms with Crippen LogP contribution in [0.5, 0.6) is 0 Å². The molecule has 0 atom stereocenters. The van der Waals surface area contributed by atoms with Crippen molar-refractivity contribution in [2.24, 2.45) is 0 Å². The van der Waals surface area contributed by atoms with Crippen molar-refractivity contribution in [3.8, 4) is 0 Å². The van der Waals surface area contributed by atoms with E-state index in [9.17, 15) is 4.79 Å². The van der Waals surface area contributed by atoms with Crippen LogP contribution in [-0.4, -0.2) is 52.2 Å². The van der Waals surface area contributed by atoms with Crippen LogP contribution in [-0.2, 0) is 6.42 Å². The predicted molar refractivity (Wildman–Crippen MR) is 110 cm³/mol. The van der Waals surface area contributed by atoms with Crippen LogP contribution in [0, 0.1) is 6.92 Å². The summed E-state index contributed by atoms with van der Waals surface area (Å²) >= 11 is 0. The van der Waals surface area contributed by atoms with Crippen LogP contribution in [0.4, 0.5) is 17.5 Å². The van der Waals surface area contributed by atoms with Gasteiger partial charge in [-0.2, -0.15) is 10.1 Å². The van der Waals surface area contributed by atoms with Crippen LogP contribution in [0.25, 0.3) is 0 Å². The number of nitrogens with zero attached hydrogens (tertiary/aromatic N) is 5. The zero-order valence-electron chi connectivity index (χ0n) is 16.6. The molecule has 1 N–H and O–H groups in total. The number of carbonyl (C=O) groups is 1. The van der Waals surface area contributed by atoms with E-state index in [2.05, 4.69) is 52.5 Å². The number of piperazine rings is 1. The van der Waals surface area contributed by atoms with Crippen LogP contribution in [0.3, 0.4) is 0 Å². The fraction of sp³-hybridized carbons (Fsp3) is 0.333. The molecule has 4 rings (SSSR count). The average Bonchev–Trinajstić information content (AvgIpc) is 3.30. The van der Waals surface area contributed by atoms with Gasteiger partial charge in [-0.15, -0.1) is 5.10 Å². The second-order valence-corrected chi connectivity index (χ2v) is 6.99. The Balaban J connectivity index is 1.44. The second kappa shape index (κ2) is 8.30. The largest absolute Gasteiger partial charge is 0.459 e. The third kappa shape index (κ3) is 4.06. The molecule has 1 fully saturated rings. The molecule has 0 bridgehead atoms. The van der Waals surface area contributed by atoms with E-state index in [0.29, 0.717) is 43.7 Å². The highest BCUT2D eigenvalue weighted by atomic mass is 16.3. The summed E-state index contributed by atoms with van der Waals surface area (Å²) in [7, 11) is 0. The van der Waals surface area contributed by atoms with Crippen molar-refractivity contribution in [2.75, 3.05) is 36.4 Å². The first-order valence-electron chi connectivity index (χ1n) is 9.78. The summed E-state index contributed by atoms with van der Waals surface area (Å²) < 4.78 is 5.21. The second-order valence-electron chi connectivity index (χ2n) is 6.99. The molecule has 29 heavy (non-hydrogen) atoms. The zero-order valence-corrected chi connectivity index (χ0v) is 16.6. The van der Waals surface area contributed by atoms with Gasteiger partial charge in [-0.1, -0.05) is 25.1 Å². The fourth-order valence-electron chi connectivity index (χ4n) is 3.48. The van der Waals surface area contributed by atoms with E-state index in [1.807, 2.05) is 4.90 Å². The number of hydrogen-bond donors (Lipinski definition) is 1. The highest BCUT2D eigenvalue weighted by Crippen LogP contribution is 2.25. The molecule has 3 aromatic rings. The van der Waals surface area contributed by atoms with Gasteiger partial charge in [-0.25, -0.2) is 0 Å². The highest BCUT2D eigenvalue weighted by Gasteiger charge is 2.25. The number of amides is 1. The molecule has 1 saturated heterocycles. The molecule has 0 spiro atoms. The van der Waals surface area contributed by atoms with Gasteiger partial charge in [0.05, 0.1) is 12.5 Å². The van der Waals surface area contributed by atoms with Crippen molar-refractivity contribution in [1.82, 2.24) is 20.1 Å². The molecule has 1 aromatic carbocycles. The number of aromatic nitrogens is 3. The summed E-state index contributed by atoms with van der Waals surface area (Å²) in [5, 5.41) is 11.7. The molecule has 8 nitrogen and oxygen atoms in total. The first-order chi connectivity index (χ1) is 14.2. The van der Waals surface area contributed by atoms with Gasteiger partial charge in [0, 0.05) is 31.9 Å². The van der Waals surface area contributed by atoms with Crippen LogP contribution in [0.15, 0.2) is 47.2 Å². The fourth-order valence-corrected chi connectivity index (χ4v) is 3.48. The van der Waals surface area contributed by atoms with E-state index < -0.39 is 0 Å². The predicted octanol–water partition coefficient (Wildman–Crippen LogP) is 3.04. The number of aryl methyl sites for hydroxylation is 2. The molecule has 1 aliphatic rings. The van der Waals surface area contributed by atoms with Gasteiger partial charge < -0.3 is 19.5 Å². The third-order valence-electron chi connectivity index (χ3n) is 5.12. The first-order valence-corrected chi connectivity index (χ1v) is 9.78. The molecule has 0 unspecified atom stereocenters. The topological polar surface area (TPSA) is 87.4 Å². The van der Waals surface area contributed by atoms with Gasteiger partial charge in [0.1, 0.15) is 0 Å². The maximum Gasteiger partial charge on any atom is 0.289 e. The lowest BCUT2D eigenvalue weighted by atomic mass is 10.1. The van der Waals surface area contributed by atoms with Gasteiger partial charge in [0.15, 0.2) is 11.6 Å². The molecular weight excluding hydrogens is 368 g/mol. The summed E-state index contributed by atoms with van der Waals surface area (Å²) in [5.74, 6) is 1.50. The Hall–Kier alpha value is -3.42. The summed E-state index contributed by atoms with van der Waals surface area (Å²) in [6.45, 7) is 6.65. The Kier molecular flexibility index (Phi) is 5.41. The van der Waals surface area contributed by atoms with Gasteiger partial charge in [-0.3, -0.25) is 4.79 Å². The van der Waals surface area contributed by atoms with Crippen LogP contribution in [0.1, 0.15) is 28.6 Å². The van der Waals surface area contributed by atoms with Crippen LogP contribution >= 0.6 is 0 Å². The van der Waals surface area contributed by atoms with Crippen molar-refractivity contribution >= 4 is 23.4 Å². The number of furan rings is 1. The van der Waals surface area contributed by atoms with Crippen LogP contribution in [0.2, 0.25) is 0 Å². The standard InChI is InChI=1S/C21H24N6O2/c1-3-16-7-4-6-15(2)19(16)23-18-14-22-25-21(24-18)27-11-9-26(10-12-27)20(28)17-8-5-13-29-17/h4-8,13-14H,3,9-12H2,1-2H3,(H,23,24,25). The van der Waals surface area contributed by atoms with Gasteiger partial charge in [-0.05, 0) is 36.6 Å². The molecule has 0 radical (unpaired) electrons. The molecule has 0 saturated carbocycles. The Morgan fingerprint density at radius 2 is 2.00 bits per heavy atom. The number of benzene rings is 1. The summed E-state index contributed by atoms with van der Waals surface area (Å²) in [4.78, 5) is 20.9. The number of carbonyl (C=O) groups excluding carboxylic acids is 1. The van der Waals surface area contributed by atoms with E-state index >= 15 is 0 Å². The number of nitrogens with one attached hydrogen (secondary N) is 1. The Bertz CT molecular complexity index is 981. The van der Waals surface area contributed by atoms with E-state index in [-0.39, 0.29) is 5.91 Å². The maximum atomic E-state index is 12.4. The minimum Gasteiger partial charge on any atom is -0.459 e. The summed E-state index contributed by atoms with van der Waals surface area (Å²) in [6.07, 6.45) is 4.08. The van der Waals surface area contributed by atoms with E-state index in [1.165, 1.54) is 11.8 Å². The average molecular weight is 392 g/mol. The highest BCUT2D eigenvalue weighted by molar-refractivity contribution is 5.91. The molecule has 8 heteroatoms. The minimum atomic E-state index is -0.0873. The van der Waals surface area contributed by atoms with Gasteiger partial charge in [0.25, 0.3) is 5.91 Å². The summed E-state index contributed by atoms with van der Waals surface area (Å²) in [6, 6.07) is 9.66. The Morgan fingerprint density at radius 3 is 2.72 bits per heavy atom. The van der Waals surface area contributed by atoms with Crippen molar-refractivity contribution in [2.45, 2.75) is 20.3 Å². The number of para-hydroxylation sites is 1. The smallest absolute Gasteiger partial charge is 0.289 e. The molecule has 1 amide bonds. The van der Waals surface area contributed by atoms with Gasteiger partial charge in [0.2, 0.25) is 5.95 Å². The van der Waals surface area contributed by atoms with E-state index in [4.69, 9.17) is 4.42 Å². The third-order valence-corrected chi connectivity index (χ3v) is 5.12. The number of rotatable bonds is 5. The molecule has 1 aliphatic heterocycles. The normalized spacial score (nSPS) is 14.1. The lowest BCUT2D eigenvalue weighted by Crippen LogP contribution is -2.49. The molecule has 0 aliphatic carbocycles. The van der Waals surface area contributed by atoms with Crippen molar-refractivity contribution in [3.05, 3.63) is 59.7 Å².